The van der Waals surface area contributed by atoms with E-state index in [1.807, 2.05) is 6.20 Å². The second-order valence-corrected chi connectivity index (χ2v) is 8.25. The fraction of sp³-hybridized carbons (Fsp3) is 0.833. The van der Waals surface area contributed by atoms with Crippen LogP contribution in [0.25, 0.3) is 0 Å². The largest absolute Gasteiger partial charge is 0.306 e. The van der Waals surface area contributed by atoms with Gasteiger partial charge in [-0.1, -0.05) is 6.92 Å². The first-order valence-corrected chi connectivity index (χ1v) is 10.2. The van der Waals surface area contributed by atoms with Crippen LogP contribution in [-0.2, 0) is 6.54 Å². The van der Waals surface area contributed by atoms with Crippen molar-refractivity contribution in [2.45, 2.75) is 45.2 Å². The highest BCUT2D eigenvalue weighted by atomic mass is 32.1. The van der Waals surface area contributed by atoms with Crippen molar-refractivity contribution in [3.05, 3.63) is 16.6 Å². The molecule has 3 heterocycles. The second kappa shape index (κ2) is 8.56. The van der Waals surface area contributed by atoms with Gasteiger partial charge in [-0.25, -0.2) is 4.98 Å². The first-order valence-electron chi connectivity index (χ1n) is 9.28. The van der Waals surface area contributed by atoms with Crippen molar-refractivity contribution < 1.29 is 0 Å². The van der Waals surface area contributed by atoms with E-state index < -0.39 is 0 Å². The van der Waals surface area contributed by atoms with Crippen molar-refractivity contribution >= 4 is 11.3 Å². The number of likely N-dealkylation sites (tertiary alicyclic amines) is 2. The molecule has 0 unspecified atom stereocenters. The maximum Gasteiger partial charge on any atom is 0.107 e. The predicted octanol–water partition coefficient (Wildman–Crippen LogP) is 2.77. The van der Waals surface area contributed by atoms with Crippen LogP contribution in [0.4, 0.5) is 0 Å². The molecule has 1 aromatic heterocycles. The highest BCUT2D eigenvalue weighted by Gasteiger charge is 2.27. The predicted molar refractivity (Wildman–Crippen MR) is 97.9 cm³/mol. The van der Waals surface area contributed by atoms with E-state index in [0.717, 1.165) is 25.0 Å². The Kier molecular flexibility index (Phi) is 6.45. The van der Waals surface area contributed by atoms with E-state index in [2.05, 4.69) is 39.0 Å². The summed E-state index contributed by atoms with van der Waals surface area (Å²) in [5, 5.41) is 3.35. The van der Waals surface area contributed by atoms with Crippen molar-refractivity contribution in [3.8, 4) is 0 Å². The van der Waals surface area contributed by atoms with Gasteiger partial charge in [0, 0.05) is 24.2 Å². The van der Waals surface area contributed by atoms with Crippen LogP contribution < -0.4 is 0 Å². The topological polar surface area (TPSA) is 22.6 Å². The molecule has 130 valence electrons. The Morgan fingerprint density at radius 2 is 1.91 bits per heavy atom. The van der Waals surface area contributed by atoms with Crippen LogP contribution in [0.2, 0.25) is 0 Å². The Hall–Kier alpha value is -0.490. The summed E-state index contributed by atoms with van der Waals surface area (Å²) in [5.41, 5.74) is 0. The summed E-state index contributed by atoms with van der Waals surface area (Å²) in [6, 6.07) is 0.852. The first-order chi connectivity index (χ1) is 11.2. The first kappa shape index (κ1) is 17.3. The van der Waals surface area contributed by atoms with Gasteiger partial charge in [0.2, 0.25) is 0 Å². The maximum absolute atomic E-state index is 4.44. The Morgan fingerprint density at radius 1 is 1.17 bits per heavy atom. The smallest absolute Gasteiger partial charge is 0.107 e. The molecule has 0 amide bonds. The zero-order chi connectivity index (χ0) is 16.1. The molecule has 23 heavy (non-hydrogen) atoms. The summed E-state index contributed by atoms with van der Waals surface area (Å²) >= 11 is 1.78. The standard InChI is InChI=1S/C18H32N4S/c1-3-21(15-18-19-8-13-23-18)14-16-4-11-22(12-5-16)17-6-9-20(2)10-7-17/h8,13,16-17H,3-7,9-12,14-15H2,1-2H3. The molecule has 0 aromatic carbocycles. The summed E-state index contributed by atoms with van der Waals surface area (Å²) in [5.74, 6) is 0.873. The van der Waals surface area contributed by atoms with Crippen LogP contribution in [0.5, 0.6) is 0 Å². The Morgan fingerprint density at radius 3 is 2.52 bits per heavy atom. The molecular formula is C18H32N4S. The number of hydrogen-bond acceptors (Lipinski definition) is 5. The van der Waals surface area contributed by atoms with Gasteiger partial charge in [0.1, 0.15) is 5.01 Å². The third kappa shape index (κ3) is 4.99. The lowest BCUT2D eigenvalue weighted by molar-refractivity contribution is 0.0746. The molecule has 5 heteroatoms. The minimum Gasteiger partial charge on any atom is -0.306 e. The molecule has 2 aliphatic heterocycles. The number of thiazole rings is 1. The number of nitrogens with zero attached hydrogens (tertiary/aromatic N) is 4. The lowest BCUT2D eigenvalue weighted by Crippen LogP contribution is -2.47. The van der Waals surface area contributed by atoms with Crippen LogP contribution in [0.15, 0.2) is 11.6 Å². The molecule has 0 bridgehead atoms. The van der Waals surface area contributed by atoms with E-state index in [1.165, 1.54) is 63.4 Å². The quantitative estimate of drug-likeness (QED) is 0.797. The molecule has 3 rings (SSSR count). The molecule has 0 saturated carbocycles. The van der Waals surface area contributed by atoms with Gasteiger partial charge in [-0.3, -0.25) is 4.90 Å². The number of piperidine rings is 2. The van der Waals surface area contributed by atoms with E-state index in [-0.39, 0.29) is 0 Å². The molecule has 0 atom stereocenters. The molecule has 0 N–H and O–H groups in total. The second-order valence-electron chi connectivity index (χ2n) is 7.27. The van der Waals surface area contributed by atoms with Gasteiger partial charge in [-0.05, 0) is 71.4 Å². The third-order valence-electron chi connectivity index (χ3n) is 5.66. The fourth-order valence-electron chi connectivity index (χ4n) is 4.05. The van der Waals surface area contributed by atoms with E-state index >= 15 is 0 Å². The summed E-state index contributed by atoms with van der Waals surface area (Å²) in [6.07, 6.45) is 7.41. The van der Waals surface area contributed by atoms with Crippen molar-refractivity contribution in [2.24, 2.45) is 5.92 Å². The Bertz CT molecular complexity index is 434. The molecule has 0 spiro atoms. The average Bonchev–Trinajstić information content (AvgIpc) is 3.09. The molecule has 2 aliphatic rings. The molecule has 0 aliphatic carbocycles. The van der Waals surface area contributed by atoms with Crippen molar-refractivity contribution in [3.63, 3.8) is 0 Å². The monoisotopic (exact) mass is 336 g/mol. The normalized spacial score (nSPS) is 22.9. The lowest BCUT2D eigenvalue weighted by Gasteiger charge is -2.41. The maximum atomic E-state index is 4.44. The number of rotatable bonds is 6. The minimum absolute atomic E-state index is 0.852. The van der Waals surface area contributed by atoms with Gasteiger partial charge in [0.15, 0.2) is 0 Å². The van der Waals surface area contributed by atoms with Crippen molar-refractivity contribution in [1.82, 2.24) is 19.7 Å². The summed E-state index contributed by atoms with van der Waals surface area (Å²) in [4.78, 5) is 12.3. The summed E-state index contributed by atoms with van der Waals surface area (Å²) < 4.78 is 0. The zero-order valence-electron chi connectivity index (χ0n) is 14.8. The van der Waals surface area contributed by atoms with Crippen LogP contribution in [0, 0.1) is 5.92 Å². The summed E-state index contributed by atoms with van der Waals surface area (Å²) in [7, 11) is 2.25. The molecular weight excluding hydrogens is 304 g/mol. The average molecular weight is 337 g/mol. The lowest BCUT2D eigenvalue weighted by atomic mass is 9.93. The van der Waals surface area contributed by atoms with Crippen LogP contribution in [-0.4, -0.2) is 72.0 Å². The van der Waals surface area contributed by atoms with Gasteiger partial charge in [0.05, 0.1) is 6.54 Å². The van der Waals surface area contributed by atoms with Gasteiger partial charge < -0.3 is 9.80 Å². The third-order valence-corrected chi connectivity index (χ3v) is 6.42. The molecule has 4 nitrogen and oxygen atoms in total. The van der Waals surface area contributed by atoms with Crippen molar-refractivity contribution in [2.75, 3.05) is 46.3 Å². The highest BCUT2D eigenvalue weighted by Crippen LogP contribution is 2.24. The minimum atomic E-state index is 0.852. The van der Waals surface area contributed by atoms with Crippen LogP contribution in [0.3, 0.4) is 0 Å². The van der Waals surface area contributed by atoms with Gasteiger partial charge >= 0.3 is 0 Å². The van der Waals surface area contributed by atoms with Crippen LogP contribution >= 0.6 is 11.3 Å². The number of hydrogen-bond donors (Lipinski definition) is 0. The molecule has 1 aromatic rings. The van der Waals surface area contributed by atoms with E-state index in [0.29, 0.717) is 0 Å². The van der Waals surface area contributed by atoms with E-state index in [1.54, 1.807) is 11.3 Å². The van der Waals surface area contributed by atoms with Crippen LogP contribution in [0.1, 0.15) is 37.6 Å². The Labute approximate surface area is 145 Å². The molecule has 2 fully saturated rings. The van der Waals surface area contributed by atoms with Crippen molar-refractivity contribution in [1.29, 1.82) is 0 Å². The fourth-order valence-corrected chi connectivity index (χ4v) is 4.71. The summed E-state index contributed by atoms with van der Waals surface area (Å²) in [6.45, 7) is 10.9. The van der Waals surface area contributed by atoms with E-state index in [9.17, 15) is 0 Å². The Balaban J connectivity index is 1.41. The highest BCUT2D eigenvalue weighted by molar-refractivity contribution is 7.09. The number of aromatic nitrogens is 1. The SMILES string of the molecule is CCN(Cc1nccs1)CC1CCN(C2CCN(C)CC2)CC1. The van der Waals surface area contributed by atoms with E-state index in [4.69, 9.17) is 0 Å². The van der Waals surface area contributed by atoms with Gasteiger partial charge in [-0.2, -0.15) is 0 Å². The molecule has 2 saturated heterocycles. The van der Waals surface area contributed by atoms with Gasteiger partial charge in [-0.15, -0.1) is 11.3 Å². The molecule has 0 radical (unpaired) electrons. The van der Waals surface area contributed by atoms with Gasteiger partial charge in [0.25, 0.3) is 0 Å². The zero-order valence-corrected chi connectivity index (χ0v) is 15.6.